The number of carbonyl (C=O) groups is 1. The molecule has 2 aromatic rings. The van der Waals surface area contributed by atoms with Gasteiger partial charge in [-0.15, -0.1) is 0 Å². The van der Waals surface area contributed by atoms with E-state index >= 15 is 0 Å². The summed E-state index contributed by atoms with van der Waals surface area (Å²) in [7, 11) is 0. The van der Waals surface area contributed by atoms with Gasteiger partial charge in [-0.25, -0.2) is 0 Å². The first kappa shape index (κ1) is 14.6. The molecule has 0 bridgehead atoms. The summed E-state index contributed by atoms with van der Waals surface area (Å²) in [6.45, 7) is 0. The monoisotopic (exact) mass is 309 g/mol. The average Bonchev–Trinajstić information content (AvgIpc) is 2.86. The molecule has 0 unspecified atom stereocenters. The number of amides is 1. The second-order valence-electron chi connectivity index (χ2n) is 5.54. The second-order valence-corrected chi connectivity index (χ2v) is 5.54. The number of alkyl halides is 3. The van der Waals surface area contributed by atoms with Crippen molar-refractivity contribution in [3.05, 3.63) is 41.6 Å². The molecule has 1 heterocycles. The number of nitrogens with zero attached hydrogens (tertiary/aromatic N) is 1. The van der Waals surface area contributed by atoms with Crippen molar-refractivity contribution in [2.24, 2.45) is 5.73 Å². The zero-order valence-electron chi connectivity index (χ0n) is 11.6. The predicted molar refractivity (Wildman–Crippen MR) is 73.7 cm³/mol. The average molecular weight is 309 g/mol. The molecule has 1 aromatic carbocycles. The molecule has 0 radical (unpaired) electrons. The van der Waals surface area contributed by atoms with E-state index in [4.69, 9.17) is 5.73 Å². The molecule has 1 aliphatic carbocycles. The fourth-order valence-electron chi connectivity index (χ4n) is 2.72. The minimum absolute atomic E-state index is 0.402. The molecule has 1 fully saturated rings. The van der Waals surface area contributed by atoms with E-state index in [1.165, 1.54) is 12.1 Å². The van der Waals surface area contributed by atoms with Crippen LogP contribution in [0.4, 0.5) is 13.2 Å². The van der Waals surface area contributed by atoms with Gasteiger partial charge in [-0.3, -0.25) is 9.89 Å². The van der Waals surface area contributed by atoms with Crippen molar-refractivity contribution in [1.29, 1.82) is 0 Å². The molecule has 3 N–H and O–H groups in total. The molecular formula is C15H14F3N3O. The molecule has 3 rings (SSSR count). The minimum Gasteiger partial charge on any atom is -0.369 e. The van der Waals surface area contributed by atoms with Gasteiger partial charge in [0.15, 0.2) is 0 Å². The Kier molecular flexibility index (Phi) is 3.23. The first-order chi connectivity index (χ1) is 10.3. The quantitative estimate of drug-likeness (QED) is 0.915. The summed E-state index contributed by atoms with van der Waals surface area (Å²) in [5, 5.41) is 6.89. The number of nitrogens with one attached hydrogen (secondary N) is 1. The molecular weight excluding hydrogens is 295 g/mol. The summed E-state index contributed by atoms with van der Waals surface area (Å²) in [5.74, 6) is -0.402. The van der Waals surface area contributed by atoms with Crippen LogP contribution in [-0.4, -0.2) is 16.1 Å². The molecule has 0 spiro atoms. The molecule has 0 atom stereocenters. The van der Waals surface area contributed by atoms with E-state index < -0.39 is 23.1 Å². The van der Waals surface area contributed by atoms with Gasteiger partial charge in [0.25, 0.3) is 0 Å². The SMILES string of the molecule is NC(=O)C1(c2cc(-c3ccc(C(F)(F)F)cc3)n[nH]2)CCC1. The highest BCUT2D eigenvalue weighted by Gasteiger charge is 2.45. The van der Waals surface area contributed by atoms with Gasteiger partial charge in [0.1, 0.15) is 0 Å². The Balaban J connectivity index is 1.90. The van der Waals surface area contributed by atoms with E-state index in [1.807, 2.05) is 0 Å². The van der Waals surface area contributed by atoms with Gasteiger partial charge in [0.2, 0.25) is 5.91 Å². The summed E-state index contributed by atoms with van der Waals surface area (Å²) in [4.78, 5) is 11.7. The normalized spacial score (nSPS) is 17.0. The van der Waals surface area contributed by atoms with Crippen LogP contribution in [0.2, 0.25) is 0 Å². The molecule has 0 aliphatic heterocycles. The third-order valence-corrected chi connectivity index (χ3v) is 4.28. The summed E-state index contributed by atoms with van der Waals surface area (Å²) in [5.41, 5.74) is 5.72. The standard InChI is InChI=1S/C15H14F3N3O/c16-15(17,18)10-4-2-9(3-5-10)11-8-12(21-20-11)14(13(19)22)6-1-7-14/h2-5,8H,1,6-7H2,(H2,19,22)(H,20,21). The number of hydrogen-bond acceptors (Lipinski definition) is 2. The number of rotatable bonds is 3. The van der Waals surface area contributed by atoms with Gasteiger partial charge >= 0.3 is 6.18 Å². The molecule has 4 nitrogen and oxygen atoms in total. The van der Waals surface area contributed by atoms with Gasteiger partial charge < -0.3 is 5.73 Å². The maximum Gasteiger partial charge on any atom is 0.416 e. The zero-order chi connectivity index (χ0) is 16.0. The van der Waals surface area contributed by atoms with Crippen LogP contribution in [0, 0.1) is 0 Å². The zero-order valence-corrected chi connectivity index (χ0v) is 11.6. The Morgan fingerprint density at radius 1 is 1.23 bits per heavy atom. The summed E-state index contributed by atoms with van der Waals surface area (Å²) >= 11 is 0. The van der Waals surface area contributed by atoms with Gasteiger partial charge in [0.05, 0.1) is 22.4 Å². The smallest absolute Gasteiger partial charge is 0.369 e. The summed E-state index contributed by atoms with van der Waals surface area (Å²) < 4.78 is 37.7. The van der Waals surface area contributed by atoms with E-state index in [-0.39, 0.29) is 0 Å². The van der Waals surface area contributed by atoms with Crippen molar-refractivity contribution in [3.63, 3.8) is 0 Å². The molecule has 116 valence electrons. The van der Waals surface area contributed by atoms with Crippen LogP contribution in [0.3, 0.4) is 0 Å². The highest BCUT2D eigenvalue weighted by Crippen LogP contribution is 2.43. The van der Waals surface area contributed by atoms with Gasteiger partial charge in [-0.05, 0) is 31.0 Å². The molecule has 1 saturated carbocycles. The van der Waals surface area contributed by atoms with Crippen molar-refractivity contribution in [3.8, 4) is 11.3 Å². The number of primary amides is 1. The van der Waals surface area contributed by atoms with Crippen LogP contribution in [0.25, 0.3) is 11.3 Å². The third kappa shape index (κ3) is 2.26. The Labute approximate surface area is 124 Å². The number of H-pyrrole nitrogens is 1. The molecule has 1 amide bonds. The second kappa shape index (κ2) is 4.86. The highest BCUT2D eigenvalue weighted by atomic mass is 19.4. The van der Waals surface area contributed by atoms with Gasteiger partial charge in [-0.2, -0.15) is 18.3 Å². The Morgan fingerprint density at radius 3 is 2.32 bits per heavy atom. The molecule has 7 heteroatoms. The minimum atomic E-state index is -4.36. The lowest BCUT2D eigenvalue weighted by Gasteiger charge is -2.37. The van der Waals surface area contributed by atoms with Crippen molar-refractivity contribution >= 4 is 5.91 Å². The number of hydrogen-bond donors (Lipinski definition) is 2. The van der Waals surface area contributed by atoms with E-state index in [2.05, 4.69) is 10.2 Å². The highest BCUT2D eigenvalue weighted by molar-refractivity contribution is 5.87. The molecule has 0 saturated heterocycles. The van der Waals surface area contributed by atoms with Crippen LogP contribution in [0.1, 0.15) is 30.5 Å². The van der Waals surface area contributed by atoms with Crippen LogP contribution >= 0.6 is 0 Å². The fourth-order valence-corrected chi connectivity index (χ4v) is 2.72. The third-order valence-electron chi connectivity index (χ3n) is 4.28. The van der Waals surface area contributed by atoms with Crippen molar-refractivity contribution < 1.29 is 18.0 Å². The van der Waals surface area contributed by atoms with Crippen LogP contribution in [-0.2, 0) is 16.4 Å². The van der Waals surface area contributed by atoms with E-state index in [0.717, 1.165) is 18.6 Å². The predicted octanol–water partition coefficient (Wildman–Crippen LogP) is 3.00. The summed E-state index contributed by atoms with van der Waals surface area (Å²) in [6.07, 6.45) is -2.12. The number of carbonyl (C=O) groups excluding carboxylic acids is 1. The van der Waals surface area contributed by atoms with Gasteiger partial charge in [-0.1, -0.05) is 18.6 Å². The molecule has 1 aliphatic rings. The number of benzene rings is 1. The lowest BCUT2D eigenvalue weighted by molar-refractivity contribution is -0.137. The van der Waals surface area contributed by atoms with Crippen molar-refractivity contribution in [2.45, 2.75) is 30.9 Å². The first-order valence-corrected chi connectivity index (χ1v) is 6.86. The lowest BCUT2D eigenvalue weighted by atomic mass is 9.66. The largest absolute Gasteiger partial charge is 0.416 e. The Morgan fingerprint density at radius 2 is 1.86 bits per heavy atom. The van der Waals surface area contributed by atoms with Crippen molar-refractivity contribution in [1.82, 2.24) is 10.2 Å². The van der Waals surface area contributed by atoms with Crippen LogP contribution in [0.15, 0.2) is 30.3 Å². The number of aromatic amines is 1. The topological polar surface area (TPSA) is 71.8 Å². The van der Waals surface area contributed by atoms with Crippen LogP contribution < -0.4 is 5.73 Å². The summed E-state index contributed by atoms with van der Waals surface area (Å²) in [6, 6.07) is 6.43. The number of halogens is 3. The number of aromatic nitrogens is 2. The van der Waals surface area contributed by atoms with Crippen LogP contribution in [0.5, 0.6) is 0 Å². The van der Waals surface area contributed by atoms with E-state index in [9.17, 15) is 18.0 Å². The molecule has 22 heavy (non-hydrogen) atoms. The lowest BCUT2D eigenvalue weighted by Crippen LogP contribution is -2.47. The first-order valence-electron chi connectivity index (χ1n) is 6.86. The fraction of sp³-hybridized carbons (Fsp3) is 0.333. The maximum atomic E-state index is 12.6. The maximum absolute atomic E-state index is 12.6. The molecule has 1 aromatic heterocycles. The van der Waals surface area contributed by atoms with Crippen molar-refractivity contribution in [2.75, 3.05) is 0 Å². The van der Waals surface area contributed by atoms with Gasteiger partial charge in [0, 0.05) is 5.56 Å². The van der Waals surface area contributed by atoms with E-state index in [0.29, 0.717) is 29.8 Å². The number of nitrogens with two attached hydrogens (primary N) is 1. The Bertz CT molecular complexity index is 700. The Hall–Kier alpha value is -2.31. The van der Waals surface area contributed by atoms with E-state index in [1.54, 1.807) is 6.07 Å².